The molecule has 0 amide bonds. The number of rotatable bonds is 2. The number of benzene rings is 2. The number of anilines is 1. The summed E-state index contributed by atoms with van der Waals surface area (Å²) in [4.78, 5) is 21.6. The third-order valence-electron chi connectivity index (χ3n) is 3.53. The van der Waals surface area contributed by atoms with Gasteiger partial charge in [0.2, 0.25) is 5.78 Å². The highest BCUT2D eigenvalue weighted by Crippen LogP contribution is 2.13. The Morgan fingerprint density at radius 3 is 2.50 bits per heavy atom. The largest absolute Gasteiger partial charge is 0.356 e. The molecule has 2 aromatic heterocycles. The fourth-order valence-corrected chi connectivity index (χ4v) is 2.48. The number of imidazole rings is 1. The molecule has 0 spiro atoms. The second-order valence-corrected chi connectivity index (χ2v) is 4.99. The Balaban J connectivity index is 1.99. The molecule has 0 aliphatic heterocycles. The third-order valence-corrected chi connectivity index (χ3v) is 3.53. The van der Waals surface area contributed by atoms with E-state index in [2.05, 4.69) is 15.4 Å². The maximum Gasteiger partial charge on any atom is 0.356 e. The van der Waals surface area contributed by atoms with Crippen LogP contribution in [-0.4, -0.2) is 19.0 Å². The van der Waals surface area contributed by atoms with Crippen molar-refractivity contribution < 1.29 is 0 Å². The number of nitrogens with one attached hydrogen (secondary N) is 1. The number of aromatic nitrogens is 4. The summed E-state index contributed by atoms with van der Waals surface area (Å²) >= 11 is 0. The summed E-state index contributed by atoms with van der Waals surface area (Å²) in [5.74, 6) is 0.964. The average molecular weight is 291 g/mol. The minimum absolute atomic E-state index is 0.222. The summed E-state index contributed by atoms with van der Waals surface area (Å²) in [6.07, 6.45) is 0. The van der Waals surface area contributed by atoms with E-state index in [9.17, 15) is 4.79 Å². The topological polar surface area (TPSA) is 64.2 Å². The molecule has 0 atom stereocenters. The first-order valence-electron chi connectivity index (χ1n) is 6.93. The summed E-state index contributed by atoms with van der Waals surface area (Å²) in [6, 6.07) is 17.0. The van der Waals surface area contributed by atoms with Crippen molar-refractivity contribution in [1.29, 1.82) is 0 Å². The summed E-state index contributed by atoms with van der Waals surface area (Å²) in [7, 11) is 0. The van der Waals surface area contributed by atoms with Crippen molar-refractivity contribution >= 4 is 22.5 Å². The zero-order valence-electron chi connectivity index (χ0n) is 11.9. The molecule has 0 fully saturated rings. The third kappa shape index (κ3) is 1.85. The molecular weight excluding hydrogens is 278 g/mol. The first kappa shape index (κ1) is 12.6. The lowest BCUT2D eigenvalue weighted by atomic mass is 10.3. The van der Waals surface area contributed by atoms with E-state index in [-0.39, 0.29) is 5.69 Å². The Morgan fingerprint density at radius 1 is 0.955 bits per heavy atom. The highest BCUT2D eigenvalue weighted by Gasteiger charge is 2.12. The van der Waals surface area contributed by atoms with Crippen molar-refractivity contribution in [3.63, 3.8) is 0 Å². The number of hydrogen-bond acceptors (Lipinski definition) is 4. The molecule has 0 unspecified atom stereocenters. The zero-order chi connectivity index (χ0) is 15.1. The summed E-state index contributed by atoms with van der Waals surface area (Å²) < 4.78 is 2.94. The Bertz CT molecular complexity index is 1030. The maximum absolute atomic E-state index is 12.8. The molecule has 0 aliphatic carbocycles. The van der Waals surface area contributed by atoms with Gasteiger partial charge in [-0.15, -0.1) is 0 Å². The Labute approximate surface area is 125 Å². The SMILES string of the molecule is Cc1nc2nc3ccccc3n2c(=O)n1Nc1ccccc1. The van der Waals surface area contributed by atoms with Gasteiger partial charge in [-0.1, -0.05) is 30.3 Å². The van der Waals surface area contributed by atoms with Crippen LogP contribution < -0.4 is 11.1 Å². The minimum Gasteiger partial charge on any atom is -0.289 e. The summed E-state index contributed by atoms with van der Waals surface area (Å²) in [5.41, 5.74) is 5.18. The molecule has 4 rings (SSSR count). The second-order valence-electron chi connectivity index (χ2n) is 4.99. The molecule has 4 aromatic rings. The molecule has 22 heavy (non-hydrogen) atoms. The van der Waals surface area contributed by atoms with Gasteiger partial charge in [0, 0.05) is 0 Å². The number of hydrogen-bond donors (Lipinski definition) is 1. The monoisotopic (exact) mass is 291 g/mol. The van der Waals surface area contributed by atoms with E-state index in [0.717, 1.165) is 16.7 Å². The number of para-hydroxylation sites is 3. The molecule has 1 N–H and O–H groups in total. The molecule has 2 heterocycles. The van der Waals surface area contributed by atoms with Crippen molar-refractivity contribution in [1.82, 2.24) is 19.0 Å². The van der Waals surface area contributed by atoms with Crippen molar-refractivity contribution in [2.24, 2.45) is 0 Å². The predicted molar refractivity (Wildman–Crippen MR) is 85.0 cm³/mol. The number of aryl methyl sites for hydroxylation is 1. The van der Waals surface area contributed by atoms with Crippen molar-refractivity contribution in [2.75, 3.05) is 5.43 Å². The van der Waals surface area contributed by atoms with Crippen LogP contribution in [0.5, 0.6) is 0 Å². The molecule has 0 aliphatic rings. The van der Waals surface area contributed by atoms with Gasteiger partial charge in [0.15, 0.2) is 0 Å². The average Bonchev–Trinajstić information content (AvgIpc) is 2.90. The summed E-state index contributed by atoms with van der Waals surface area (Å²) in [6.45, 7) is 1.77. The van der Waals surface area contributed by atoms with E-state index < -0.39 is 0 Å². The Hall–Kier alpha value is -3.15. The van der Waals surface area contributed by atoms with E-state index in [4.69, 9.17) is 0 Å². The Kier molecular flexibility index (Phi) is 2.69. The summed E-state index contributed by atoms with van der Waals surface area (Å²) in [5, 5.41) is 0. The first-order valence-corrected chi connectivity index (χ1v) is 6.93. The quantitative estimate of drug-likeness (QED) is 0.615. The number of nitrogens with zero attached hydrogens (tertiary/aromatic N) is 4. The molecule has 2 aromatic carbocycles. The Morgan fingerprint density at radius 2 is 1.68 bits per heavy atom. The van der Waals surface area contributed by atoms with Gasteiger partial charge < -0.3 is 0 Å². The van der Waals surface area contributed by atoms with E-state index in [1.807, 2.05) is 54.6 Å². The highest BCUT2D eigenvalue weighted by atomic mass is 16.2. The lowest BCUT2D eigenvalue weighted by molar-refractivity contribution is 0.752. The van der Waals surface area contributed by atoms with E-state index >= 15 is 0 Å². The molecule has 0 radical (unpaired) electrons. The van der Waals surface area contributed by atoms with Gasteiger partial charge in [-0.2, -0.15) is 9.66 Å². The zero-order valence-corrected chi connectivity index (χ0v) is 11.9. The van der Waals surface area contributed by atoms with Crippen LogP contribution in [0.15, 0.2) is 59.4 Å². The van der Waals surface area contributed by atoms with Gasteiger partial charge in [0.25, 0.3) is 0 Å². The molecule has 6 heteroatoms. The lowest BCUT2D eigenvalue weighted by Crippen LogP contribution is -2.34. The second kappa shape index (κ2) is 4.70. The molecule has 108 valence electrons. The van der Waals surface area contributed by atoms with E-state index in [0.29, 0.717) is 11.6 Å². The van der Waals surface area contributed by atoms with Gasteiger partial charge in [0.1, 0.15) is 5.82 Å². The fraction of sp³-hybridized carbons (Fsp3) is 0.0625. The number of fused-ring (bicyclic) bond motifs is 3. The van der Waals surface area contributed by atoms with Crippen LogP contribution in [0, 0.1) is 6.92 Å². The van der Waals surface area contributed by atoms with Crippen molar-refractivity contribution in [2.45, 2.75) is 6.92 Å². The van der Waals surface area contributed by atoms with Crippen molar-refractivity contribution in [3.05, 3.63) is 70.9 Å². The van der Waals surface area contributed by atoms with Crippen LogP contribution in [0.25, 0.3) is 16.8 Å². The minimum atomic E-state index is -0.222. The smallest absolute Gasteiger partial charge is 0.289 e. The predicted octanol–water partition coefficient (Wildman–Crippen LogP) is 2.23. The van der Waals surface area contributed by atoms with Gasteiger partial charge in [0.05, 0.1) is 16.7 Å². The molecule has 0 bridgehead atoms. The van der Waals surface area contributed by atoms with Crippen LogP contribution in [0.1, 0.15) is 5.82 Å². The van der Waals surface area contributed by atoms with Crippen LogP contribution in [0.2, 0.25) is 0 Å². The maximum atomic E-state index is 12.8. The van der Waals surface area contributed by atoms with Gasteiger partial charge in [-0.05, 0) is 31.2 Å². The highest BCUT2D eigenvalue weighted by molar-refractivity contribution is 5.79. The van der Waals surface area contributed by atoms with E-state index in [1.165, 1.54) is 9.08 Å². The van der Waals surface area contributed by atoms with E-state index in [1.54, 1.807) is 6.92 Å². The van der Waals surface area contributed by atoms with Crippen molar-refractivity contribution in [3.8, 4) is 0 Å². The standard InChI is InChI=1S/C16H13N5O/c1-11-17-15-18-13-9-5-6-10-14(13)20(15)16(22)21(11)19-12-7-3-2-4-8-12/h2-10,19H,1H3. The molecular formula is C16H13N5O. The van der Waals surface area contributed by atoms with Crippen LogP contribution in [0.3, 0.4) is 0 Å². The van der Waals surface area contributed by atoms with Crippen LogP contribution in [-0.2, 0) is 0 Å². The van der Waals surface area contributed by atoms with Gasteiger partial charge >= 0.3 is 5.69 Å². The normalized spacial score (nSPS) is 11.1. The van der Waals surface area contributed by atoms with Gasteiger partial charge in [-0.3, -0.25) is 5.43 Å². The van der Waals surface area contributed by atoms with Crippen LogP contribution >= 0.6 is 0 Å². The van der Waals surface area contributed by atoms with Crippen LogP contribution in [0.4, 0.5) is 5.69 Å². The molecule has 0 saturated heterocycles. The van der Waals surface area contributed by atoms with Gasteiger partial charge in [-0.25, -0.2) is 14.2 Å². The first-order chi connectivity index (χ1) is 10.7. The molecule has 0 saturated carbocycles. The fourth-order valence-electron chi connectivity index (χ4n) is 2.48. The molecule has 6 nitrogen and oxygen atoms in total. The lowest BCUT2D eigenvalue weighted by Gasteiger charge is -2.12.